The zero-order valence-electron chi connectivity index (χ0n) is 12.8. The molecule has 0 saturated heterocycles. The molecule has 20 heavy (non-hydrogen) atoms. The van der Waals surface area contributed by atoms with Crippen LogP contribution in [0.15, 0.2) is 12.1 Å². The van der Waals surface area contributed by atoms with Crippen LogP contribution in [-0.2, 0) is 4.79 Å². The third-order valence-corrected chi connectivity index (χ3v) is 4.48. The van der Waals surface area contributed by atoms with Crippen LogP contribution in [0.2, 0.25) is 0 Å². The van der Waals surface area contributed by atoms with E-state index < -0.39 is 0 Å². The second kappa shape index (κ2) is 6.40. The van der Waals surface area contributed by atoms with Crippen molar-refractivity contribution in [3.05, 3.63) is 28.8 Å². The second-order valence-corrected chi connectivity index (χ2v) is 6.22. The van der Waals surface area contributed by atoms with E-state index in [0.717, 1.165) is 49.0 Å². The van der Waals surface area contributed by atoms with Crippen molar-refractivity contribution in [3.63, 3.8) is 0 Å². The highest BCUT2D eigenvalue weighted by atomic mass is 16.1. The number of carbonyl (C=O) groups excluding carboxylic acids is 1. The van der Waals surface area contributed by atoms with E-state index in [4.69, 9.17) is 5.73 Å². The van der Waals surface area contributed by atoms with Crippen LogP contribution in [0.5, 0.6) is 0 Å². The highest BCUT2D eigenvalue weighted by molar-refractivity contribution is 5.94. The van der Waals surface area contributed by atoms with Gasteiger partial charge in [0.2, 0.25) is 5.91 Å². The smallest absolute Gasteiger partial charge is 0.227 e. The van der Waals surface area contributed by atoms with Crippen molar-refractivity contribution in [2.24, 2.45) is 17.6 Å². The van der Waals surface area contributed by atoms with Crippen LogP contribution < -0.4 is 11.1 Å². The predicted octanol–water partition coefficient (Wildman–Crippen LogP) is 3.32. The van der Waals surface area contributed by atoms with Gasteiger partial charge in [0.05, 0.1) is 0 Å². The molecule has 0 radical (unpaired) electrons. The van der Waals surface area contributed by atoms with Gasteiger partial charge in [-0.1, -0.05) is 17.7 Å². The first-order valence-corrected chi connectivity index (χ1v) is 7.60. The van der Waals surface area contributed by atoms with E-state index in [0.29, 0.717) is 5.92 Å². The largest absolute Gasteiger partial charge is 0.330 e. The minimum Gasteiger partial charge on any atom is -0.330 e. The number of benzene rings is 1. The van der Waals surface area contributed by atoms with E-state index >= 15 is 0 Å². The molecule has 0 heterocycles. The van der Waals surface area contributed by atoms with E-state index in [2.05, 4.69) is 38.2 Å². The van der Waals surface area contributed by atoms with Crippen molar-refractivity contribution < 1.29 is 4.79 Å². The Bertz CT molecular complexity index is 465. The fourth-order valence-corrected chi connectivity index (χ4v) is 3.26. The molecule has 1 aromatic rings. The fourth-order valence-electron chi connectivity index (χ4n) is 3.26. The quantitative estimate of drug-likeness (QED) is 0.888. The van der Waals surface area contributed by atoms with Gasteiger partial charge in [0, 0.05) is 11.6 Å². The first-order valence-electron chi connectivity index (χ1n) is 7.60. The fraction of sp³-hybridized carbons (Fsp3) is 0.588. The molecule has 3 N–H and O–H groups in total. The monoisotopic (exact) mass is 274 g/mol. The average Bonchev–Trinajstić information content (AvgIpc) is 2.42. The Morgan fingerprint density at radius 3 is 2.20 bits per heavy atom. The number of rotatable bonds is 3. The molecule has 0 bridgehead atoms. The molecule has 1 saturated carbocycles. The molecule has 0 aromatic heterocycles. The highest BCUT2D eigenvalue weighted by Gasteiger charge is 2.26. The minimum atomic E-state index is 0.151. The minimum absolute atomic E-state index is 0.151. The summed E-state index contributed by atoms with van der Waals surface area (Å²) in [5.41, 5.74) is 10.2. The van der Waals surface area contributed by atoms with Crippen molar-refractivity contribution >= 4 is 11.6 Å². The molecule has 2 rings (SSSR count). The van der Waals surface area contributed by atoms with Gasteiger partial charge >= 0.3 is 0 Å². The van der Waals surface area contributed by atoms with Crippen molar-refractivity contribution in [2.45, 2.75) is 46.5 Å². The lowest BCUT2D eigenvalue weighted by molar-refractivity contribution is -0.121. The Balaban J connectivity index is 2.02. The van der Waals surface area contributed by atoms with E-state index in [1.165, 1.54) is 5.56 Å². The van der Waals surface area contributed by atoms with Gasteiger partial charge in [0.25, 0.3) is 0 Å². The molecule has 0 spiro atoms. The van der Waals surface area contributed by atoms with Gasteiger partial charge in [-0.15, -0.1) is 0 Å². The summed E-state index contributed by atoms with van der Waals surface area (Å²) < 4.78 is 0. The van der Waals surface area contributed by atoms with E-state index in [1.54, 1.807) is 0 Å². The number of anilines is 1. The van der Waals surface area contributed by atoms with E-state index in [-0.39, 0.29) is 11.8 Å². The van der Waals surface area contributed by atoms with Crippen LogP contribution in [0.4, 0.5) is 5.69 Å². The first kappa shape index (κ1) is 15.0. The Hall–Kier alpha value is -1.35. The number of nitrogens with two attached hydrogens (primary N) is 1. The van der Waals surface area contributed by atoms with Crippen LogP contribution in [0.3, 0.4) is 0 Å². The zero-order valence-corrected chi connectivity index (χ0v) is 12.8. The molecule has 110 valence electrons. The SMILES string of the molecule is Cc1cc(C)c(NC(=O)C2CCC(CN)CC2)c(C)c1. The number of hydrogen-bond acceptors (Lipinski definition) is 2. The summed E-state index contributed by atoms with van der Waals surface area (Å²) in [4.78, 5) is 12.4. The Labute approximate surface area is 121 Å². The second-order valence-electron chi connectivity index (χ2n) is 6.22. The summed E-state index contributed by atoms with van der Waals surface area (Å²) in [6, 6.07) is 4.24. The Kier molecular flexibility index (Phi) is 4.81. The lowest BCUT2D eigenvalue weighted by atomic mass is 9.81. The van der Waals surface area contributed by atoms with E-state index in [9.17, 15) is 4.79 Å². The van der Waals surface area contributed by atoms with Crippen LogP contribution in [-0.4, -0.2) is 12.5 Å². The van der Waals surface area contributed by atoms with Crippen molar-refractivity contribution in [3.8, 4) is 0 Å². The summed E-state index contributed by atoms with van der Waals surface area (Å²) in [7, 11) is 0. The Morgan fingerprint density at radius 2 is 1.70 bits per heavy atom. The van der Waals surface area contributed by atoms with Crippen molar-refractivity contribution in [1.29, 1.82) is 0 Å². The van der Waals surface area contributed by atoms with Gasteiger partial charge in [0.15, 0.2) is 0 Å². The summed E-state index contributed by atoms with van der Waals surface area (Å²) in [6.07, 6.45) is 4.11. The first-order chi connectivity index (χ1) is 9.51. The predicted molar refractivity (Wildman–Crippen MR) is 83.8 cm³/mol. The number of aryl methyl sites for hydroxylation is 3. The molecule has 0 aliphatic heterocycles. The summed E-state index contributed by atoms with van der Waals surface area (Å²) >= 11 is 0. The third-order valence-electron chi connectivity index (χ3n) is 4.48. The standard InChI is InChI=1S/C17H26N2O/c1-11-8-12(2)16(13(3)9-11)19-17(20)15-6-4-14(10-18)5-7-15/h8-9,14-15H,4-7,10,18H2,1-3H3,(H,19,20). The highest BCUT2D eigenvalue weighted by Crippen LogP contribution is 2.30. The van der Waals surface area contributed by atoms with Gasteiger partial charge in [-0.2, -0.15) is 0 Å². The van der Waals surface area contributed by atoms with Gasteiger partial charge in [-0.05, 0) is 70.0 Å². The van der Waals surface area contributed by atoms with Crippen LogP contribution >= 0.6 is 0 Å². The average molecular weight is 274 g/mol. The number of hydrogen-bond donors (Lipinski definition) is 2. The van der Waals surface area contributed by atoms with Gasteiger partial charge < -0.3 is 11.1 Å². The molecular formula is C17H26N2O. The van der Waals surface area contributed by atoms with Crippen LogP contribution in [0.1, 0.15) is 42.4 Å². The maximum Gasteiger partial charge on any atom is 0.227 e. The normalized spacial score (nSPS) is 22.6. The number of nitrogens with one attached hydrogen (secondary N) is 1. The molecule has 3 nitrogen and oxygen atoms in total. The molecule has 1 fully saturated rings. The topological polar surface area (TPSA) is 55.1 Å². The van der Waals surface area contributed by atoms with Crippen molar-refractivity contribution in [1.82, 2.24) is 0 Å². The number of amides is 1. The Morgan fingerprint density at radius 1 is 1.15 bits per heavy atom. The molecular weight excluding hydrogens is 248 g/mol. The molecule has 1 aliphatic rings. The maximum absolute atomic E-state index is 12.4. The van der Waals surface area contributed by atoms with Gasteiger partial charge in [-0.25, -0.2) is 0 Å². The van der Waals surface area contributed by atoms with Crippen LogP contribution in [0.25, 0.3) is 0 Å². The molecule has 0 atom stereocenters. The van der Waals surface area contributed by atoms with E-state index in [1.807, 2.05) is 0 Å². The summed E-state index contributed by atoms with van der Waals surface area (Å²) in [6.45, 7) is 6.95. The molecule has 1 aliphatic carbocycles. The number of carbonyl (C=O) groups is 1. The lowest BCUT2D eigenvalue weighted by Crippen LogP contribution is -2.29. The summed E-state index contributed by atoms with van der Waals surface area (Å²) in [5, 5.41) is 3.14. The molecule has 0 unspecified atom stereocenters. The zero-order chi connectivity index (χ0) is 14.7. The van der Waals surface area contributed by atoms with Gasteiger partial charge in [0.1, 0.15) is 0 Å². The summed E-state index contributed by atoms with van der Waals surface area (Å²) in [5.74, 6) is 0.940. The van der Waals surface area contributed by atoms with Gasteiger partial charge in [-0.3, -0.25) is 4.79 Å². The molecule has 1 aromatic carbocycles. The molecule has 3 heteroatoms. The lowest BCUT2D eigenvalue weighted by Gasteiger charge is -2.27. The maximum atomic E-state index is 12.4. The third kappa shape index (κ3) is 3.40. The van der Waals surface area contributed by atoms with Crippen molar-refractivity contribution in [2.75, 3.05) is 11.9 Å². The molecule has 1 amide bonds. The van der Waals surface area contributed by atoms with Crippen LogP contribution in [0, 0.1) is 32.6 Å².